The number of nitrogens with one attached hydrogen (secondary N) is 2. The summed E-state index contributed by atoms with van der Waals surface area (Å²) in [7, 11) is 1.48. The van der Waals surface area contributed by atoms with Crippen LogP contribution in [0.1, 0.15) is 68.2 Å². The number of likely N-dealkylation sites (tertiary alicyclic amines) is 1. The largest absolute Gasteiger partial charge is 0.495 e. The molecule has 2 aromatic rings. The van der Waals surface area contributed by atoms with Crippen molar-refractivity contribution < 1.29 is 29.0 Å². The van der Waals surface area contributed by atoms with E-state index in [4.69, 9.17) is 14.5 Å². The Bertz CT molecular complexity index is 1520. The van der Waals surface area contributed by atoms with Crippen LogP contribution in [0.2, 0.25) is 0 Å². The van der Waals surface area contributed by atoms with Crippen molar-refractivity contribution in [2.45, 2.75) is 76.2 Å². The standard InChI is InChI=1S/C36H47N7O6/c1-25-32(27-11-5-3-6-12-27)49-35(39-25)42-19-20-43(30(24-42)33(44)38-23-26-14-15-28(22-37)31(21-26)48-2)34(45)29(40-36(46)47)13-7-10-18-41-16-8-4-9-17-41/h3,5-6,11-12,14-15,21,25,29-30,32,40H,4,7-10,13,16-20,23-24H2,1-2H3,(H,38,44)(H,46,47)/t25-,29?,30-,32+/m0/s1. The topological polar surface area (TPSA) is 160 Å². The van der Waals surface area contributed by atoms with Crippen molar-refractivity contribution in [2.24, 2.45) is 4.99 Å². The normalized spacial score (nSPS) is 21.6. The Hall–Kier alpha value is -4.83. The lowest BCUT2D eigenvalue weighted by atomic mass is 10.0. The molecule has 1 unspecified atom stereocenters. The summed E-state index contributed by atoms with van der Waals surface area (Å²) < 4.78 is 11.6. The van der Waals surface area contributed by atoms with Gasteiger partial charge in [-0.05, 0) is 81.9 Å². The molecule has 13 heteroatoms. The van der Waals surface area contributed by atoms with Crippen LogP contribution in [0, 0.1) is 11.3 Å². The number of nitrogens with zero attached hydrogens (tertiary/aromatic N) is 5. The molecule has 13 nitrogen and oxygen atoms in total. The highest BCUT2D eigenvalue weighted by Crippen LogP contribution is 2.30. The molecule has 0 radical (unpaired) electrons. The fraction of sp³-hybridized carbons (Fsp3) is 0.528. The number of hydrogen-bond acceptors (Lipinski definition) is 9. The van der Waals surface area contributed by atoms with Crippen LogP contribution in [0.5, 0.6) is 5.75 Å². The number of nitriles is 1. The third-order valence-corrected chi connectivity index (χ3v) is 9.46. The zero-order chi connectivity index (χ0) is 34.8. The van der Waals surface area contributed by atoms with Gasteiger partial charge in [0.25, 0.3) is 6.02 Å². The molecule has 3 N–H and O–H groups in total. The Balaban J connectivity index is 1.30. The fourth-order valence-electron chi connectivity index (χ4n) is 6.79. The highest BCUT2D eigenvalue weighted by molar-refractivity contribution is 5.92. The predicted octanol–water partition coefficient (Wildman–Crippen LogP) is 3.50. The summed E-state index contributed by atoms with van der Waals surface area (Å²) >= 11 is 0. The van der Waals surface area contributed by atoms with Gasteiger partial charge in [-0.15, -0.1) is 0 Å². The van der Waals surface area contributed by atoms with Gasteiger partial charge in [0, 0.05) is 19.6 Å². The molecule has 0 spiro atoms. The highest BCUT2D eigenvalue weighted by atomic mass is 16.5. The minimum atomic E-state index is -1.28. The maximum Gasteiger partial charge on any atom is 0.405 e. The molecule has 0 saturated carbocycles. The number of hydrogen-bond donors (Lipinski definition) is 3. The van der Waals surface area contributed by atoms with Crippen molar-refractivity contribution in [1.29, 1.82) is 5.26 Å². The third kappa shape index (κ3) is 9.20. The Morgan fingerprint density at radius 3 is 2.57 bits per heavy atom. The van der Waals surface area contributed by atoms with E-state index >= 15 is 0 Å². The number of carboxylic acid groups (broad SMARTS) is 1. The lowest BCUT2D eigenvalue weighted by Crippen LogP contribution is -2.64. The van der Waals surface area contributed by atoms with Gasteiger partial charge in [-0.3, -0.25) is 9.59 Å². The van der Waals surface area contributed by atoms with Crippen molar-refractivity contribution >= 4 is 23.9 Å². The minimum Gasteiger partial charge on any atom is -0.495 e. The van der Waals surface area contributed by atoms with Gasteiger partial charge in [0.2, 0.25) is 11.8 Å². The molecule has 0 bridgehead atoms. The van der Waals surface area contributed by atoms with Gasteiger partial charge in [-0.2, -0.15) is 5.26 Å². The van der Waals surface area contributed by atoms with Crippen molar-refractivity contribution in [3.63, 3.8) is 0 Å². The number of amides is 3. The number of unbranched alkanes of at least 4 members (excludes halogenated alkanes) is 1. The number of piperidine rings is 1. The number of benzene rings is 2. The first kappa shape index (κ1) is 35.5. The molecule has 0 aliphatic carbocycles. The molecule has 2 saturated heterocycles. The van der Waals surface area contributed by atoms with E-state index in [1.54, 1.807) is 18.2 Å². The Morgan fingerprint density at radius 2 is 1.86 bits per heavy atom. The van der Waals surface area contributed by atoms with Crippen LogP contribution in [-0.4, -0.2) is 108 Å². The van der Waals surface area contributed by atoms with Crippen LogP contribution in [0.3, 0.4) is 0 Å². The van der Waals surface area contributed by atoms with E-state index in [0.29, 0.717) is 36.7 Å². The number of ether oxygens (including phenoxy) is 2. The summed E-state index contributed by atoms with van der Waals surface area (Å²) in [6, 6.07) is 15.3. The maximum absolute atomic E-state index is 14.1. The van der Waals surface area contributed by atoms with Crippen LogP contribution in [0.4, 0.5) is 4.79 Å². The molecule has 4 atom stereocenters. The number of carbonyl (C=O) groups excluding carboxylic acids is 2. The number of aliphatic imine (C=N–C) groups is 1. The van der Waals surface area contributed by atoms with Crippen molar-refractivity contribution in [2.75, 3.05) is 46.4 Å². The number of piperazine rings is 1. The van der Waals surface area contributed by atoms with Crippen molar-refractivity contribution in [1.82, 2.24) is 25.3 Å². The number of methoxy groups -OCH3 is 1. The molecule has 3 heterocycles. The first-order chi connectivity index (χ1) is 23.8. The third-order valence-electron chi connectivity index (χ3n) is 9.46. The lowest BCUT2D eigenvalue weighted by molar-refractivity contribution is -0.145. The molecule has 2 aromatic carbocycles. The van der Waals surface area contributed by atoms with E-state index in [1.807, 2.05) is 42.2 Å². The van der Waals surface area contributed by atoms with E-state index < -0.39 is 30.0 Å². The van der Waals surface area contributed by atoms with Gasteiger partial charge in [0.05, 0.1) is 25.3 Å². The first-order valence-electron chi connectivity index (χ1n) is 17.2. The average Bonchev–Trinajstić information content (AvgIpc) is 3.53. The van der Waals surface area contributed by atoms with Gasteiger partial charge in [-0.1, -0.05) is 42.8 Å². The SMILES string of the molecule is COc1cc(CNC(=O)[C@@H]2CN(C3=N[C@@H](C)[C@H](c4ccccc4)O3)CCN2C(=O)C(CCCCN2CCCCC2)NC(=O)O)ccc1C#N. The molecule has 3 aliphatic rings. The Morgan fingerprint density at radius 1 is 1.08 bits per heavy atom. The molecule has 5 rings (SSSR count). The summed E-state index contributed by atoms with van der Waals surface area (Å²) in [6.07, 6.45) is 3.96. The highest BCUT2D eigenvalue weighted by Gasteiger charge is 2.41. The molecule has 2 fully saturated rings. The van der Waals surface area contributed by atoms with E-state index in [9.17, 15) is 24.8 Å². The summed E-state index contributed by atoms with van der Waals surface area (Å²) in [5, 5.41) is 24.4. The second-order valence-corrected chi connectivity index (χ2v) is 12.9. The monoisotopic (exact) mass is 673 g/mol. The first-order valence-corrected chi connectivity index (χ1v) is 17.2. The van der Waals surface area contributed by atoms with E-state index in [1.165, 1.54) is 31.3 Å². The Kier molecular flexibility index (Phi) is 12.3. The maximum atomic E-state index is 14.1. The zero-order valence-corrected chi connectivity index (χ0v) is 28.3. The molecular weight excluding hydrogens is 626 g/mol. The van der Waals surface area contributed by atoms with E-state index in [-0.39, 0.29) is 31.8 Å². The second kappa shape index (κ2) is 17.0. The molecule has 3 aliphatic heterocycles. The summed E-state index contributed by atoms with van der Waals surface area (Å²) in [6.45, 7) is 5.85. The number of amidine groups is 1. The van der Waals surface area contributed by atoms with E-state index in [2.05, 4.69) is 21.6 Å². The quantitative estimate of drug-likeness (QED) is 0.287. The van der Waals surface area contributed by atoms with Gasteiger partial charge in [0.1, 0.15) is 30.0 Å². The molecule has 0 aromatic heterocycles. The van der Waals surface area contributed by atoms with Gasteiger partial charge >= 0.3 is 6.09 Å². The predicted molar refractivity (Wildman–Crippen MR) is 183 cm³/mol. The molecular formula is C36H47N7O6. The van der Waals surface area contributed by atoms with Crippen molar-refractivity contribution in [3.8, 4) is 11.8 Å². The molecule has 262 valence electrons. The van der Waals surface area contributed by atoms with Crippen LogP contribution >= 0.6 is 0 Å². The average molecular weight is 674 g/mol. The van der Waals surface area contributed by atoms with E-state index in [0.717, 1.165) is 37.2 Å². The lowest BCUT2D eigenvalue weighted by Gasteiger charge is -2.42. The van der Waals surface area contributed by atoms with Crippen molar-refractivity contribution in [3.05, 3.63) is 65.2 Å². The summed E-state index contributed by atoms with van der Waals surface area (Å²) in [5.41, 5.74) is 2.10. The number of carbonyl (C=O) groups is 3. The second-order valence-electron chi connectivity index (χ2n) is 12.9. The smallest absolute Gasteiger partial charge is 0.405 e. The van der Waals surface area contributed by atoms with Crippen LogP contribution in [0.25, 0.3) is 0 Å². The van der Waals surface area contributed by atoms with Gasteiger partial charge in [0.15, 0.2) is 0 Å². The zero-order valence-electron chi connectivity index (χ0n) is 28.3. The number of rotatable bonds is 12. The van der Waals surface area contributed by atoms with Crippen LogP contribution in [0.15, 0.2) is 53.5 Å². The fourth-order valence-corrected chi connectivity index (χ4v) is 6.79. The summed E-state index contributed by atoms with van der Waals surface area (Å²) in [5.74, 6) is -0.423. The minimum absolute atomic E-state index is 0.121. The summed E-state index contributed by atoms with van der Waals surface area (Å²) in [4.78, 5) is 50.4. The molecule has 49 heavy (non-hydrogen) atoms. The van der Waals surface area contributed by atoms with Crippen LogP contribution < -0.4 is 15.4 Å². The molecule has 3 amide bonds. The Labute approximate surface area is 287 Å². The van der Waals surface area contributed by atoms with Gasteiger partial charge in [-0.25, -0.2) is 9.79 Å². The van der Waals surface area contributed by atoms with Gasteiger partial charge < -0.3 is 39.9 Å². The van der Waals surface area contributed by atoms with Crippen LogP contribution in [-0.2, 0) is 20.9 Å².